The lowest BCUT2D eigenvalue weighted by atomic mass is 10.1. The number of hydrogen-bond acceptors (Lipinski definition) is 2. The molecule has 0 radical (unpaired) electrons. The molecule has 0 aliphatic carbocycles. The Bertz CT molecular complexity index is 884. The van der Waals surface area contributed by atoms with Gasteiger partial charge in [-0.15, -0.1) is 0 Å². The molecule has 0 bridgehead atoms. The van der Waals surface area contributed by atoms with Gasteiger partial charge in [-0.1, -0.05) is 41.4 Å². The number of para-hydroxylation sites is 1. The molecule has 2 N–H and O–H groups in total. The first-order chi connectivity index (χ1) is 12.1. The highest BCUT2D eigenvalue weighted by Gasteiger charge is 2.11. The third-order valence-electron chi connectivity index (χ3n) is 4.16. The summed E-state index contributed by atoms with van der Waals surface area (Å²) in [6, 6.07) is 8.11. The Hall–Kier alpha value is -1.98. The van der Waals surface area contributed by atoms with Gasteiger partial charge in [0.2, 0.25) is 5.91 Å². The van der Waals surface area contributed by atoms with Gasteiger partial charge in [-0.05, 0) is 31.4 Å². The van der Waals surface area contributed by atoms with Crippen molar-refractivity contribution in [2.45, 2.75) is 32.7 Å². The van der Waals surface area contributed by atoms with Crippen molar-refractivity contribution in [3.63, 3.8) is 0 Å². The normalized spacial score (nSPS) is 11.2. The molecule has 2 aromatic heterocycles. The molecular formula is C18H20Cl2N4O. The lowest BCUT2D eigenvalue weighted by molar-refractivity contribution is -0.121. The summed E-state index contributed by atoms with van der Waals surface area (Å²) in [6.45, 7) is 3.02. The van der Waals surface area contributed by atoms with Crippen molar-refractivity contribution in [1.29, 1.82) is 0 Å². The minimum atomic E-state index is 0.0473. The van der Waals surface area contributed by atoms with E-state index in [-0.39, 0.29) is 5.91 Å². The Morgan fingerprint density at radius 3 is 2.88 bits per heavy atom. The van der Waals surface area contributed by atoms with Gasteiger partial charge in [-0.25, -0.2) is 0 Å². The fourth-order valence-electron chi connectivity index (χ4n) is 2.81. The molecule has 0 atom stereocenters. The lowest BCUT2D eigenvalue weighted by Crippen LogP contribution is -2.25. The molecule has 0 aliphatic heterocycles. The second kappa shape index (κ2) is 7.93. The SMILES string of the molecule is Cc1nn(CCCNC(=O)CCc2c[nH]c3ccccc23)c(Cl)c1Cl. The van der Waals surface area contributed by atoms with Crippen molar-refractivity contribution < 1.29 is 4.79 Å². The number of aromatic nitrogens is 3. The molecular weight excluding hydrogens is 359 g/mol. The maximum atomic E-state index is 12.0. The molecule has 0 saturated heterocycles. The number of fused-ring (bicyclic) bond motifs is 1. The van der Waals surface area contributed by atoms with Gasteiger partial charge in [0.1, 0.15) is 10.2 Å². The Morgan fingerprint density at radius 1 is 1.32 bits per heavy atom. The summed E-state index contributed by atoms with van der Waals surface area (Å²) >= 11 is 12.1. The van der Waals surface area contributed by atoms with Crippen LogP contribution in [0.5, 0.6) is 0 Å². The van der Waals surface area contributed by atoms with Crippen LogP contribution in [0.1, 0.15) is 24.1 Å². The average molecular weight is 379 g/mol. The molecule has 7 heteroatoms. The second-order valence-electron chi connectivity index (χ2n) is 5.98. The van der Waals surface area contributed by atoms with Crippen molar-refractivity contribution in [2.75, 3.05) is 6.54 Å². The number of aromatic amines is 1. The third kappa shape index (κ3) is 4.17. The summed E-state index contributed by atoms with van der Waals surface area (Å²) in [5, 5.41) is 9.32. The van der Waals surface area contributed by atoms with E-state index in [0.29, 0.717) is 29.7 Å². The molecule has 1 aromatic carbocycles. The number of amides is 1. The van der Waals surface area contributed by atoms with Crippen LogP contribution in [0.4, 0.5) is 0 Å². The molecule has 1 amide bonds. The van der Waals surface area contributed by atoms with Crippen LogP contribution in [0.15, 0.2) is 30.5 Å². The van der Waals surface area contributed by atoms with Crippen LogP contribution in [0.3, 0.4) is 0 Å². The fourth-order valence-corrected chi connectivity index (χ4v) is 3.21. The molecule has 0 saturated carbocycles. The van der Waals surface area contributed by atoms with Crippen molar-refractivity contribution in [3.8, 4) is 0 Å². The van der Waals surface area contributed by atoms with Crippen LogP contribution in [0, 0.1) is 6.92 Å². The highest BCUT2D eigenvalue weighted by molar-refractivity contribution is 6.41. The van der Waals surface area contributed by atoms with Crippen molar-refractivity contribution in [3.05, 3.63) is 51.9 Å². The van der Waals surface area contributed by atoms with E-state index in [1.807, 2.05) is 31.3 Å². The number of nitrogens with zero attached hydrogens (tertiary/aromatic N) is 2. The zero-order valence-corrected chi connectivity index (χ0v) is 15.5. The predicted molar refractivity (Wildman–Crippen MR) is 101 cm³/mol. The summed E-state index contributed by atoms with van der Waals surface area (Å²) < 4.78 is 1.66. The first-order valence-corrected chi connectivity index (χ1v) is 9.02. The maximum absolute atomic E-state index is 12.0. The predicted octanol–water partition coefficient (Wildman–Crippen LogP) is 4.12. The van der Waals surface area contributed by atoms with Crippen molar-refractivity contribution in [2.24, 2.45) is 0 Å². The molecule has 5 nitrogen and oxygen atoms in total. The highest BCUT2D eigenvalue weighted by Crippen LogP contribution is 2.24. The van der Waals surface area contributed by atoms with Gasteiger partial charge >= 0.3 is 0 Å². The van der Waals surface area contributed by atoms with Gasteiger partial charge < -0.3 is 10.3 Å². The van der Waals surface area contributed by atoms with Crippen molar-refractivity contribution >= 4 is 40.0 Å². The molecule has 0 unspecified atom stereocenters. The third-order valence-corrected chi connectivity index (χ3v) is 5.09. The lowest BCUT2D eigenvalue weighted by Gasteiger charge is -2.06. The minimum Gasteiger partial charge on any atom is -0.361 e. The van der Waals surface area contributed by atoms with E-state index in [2.05, 4.69) is 21.5 Å². The van der Waals surface area contributed by atoms with Crippen LogP contribution in [0.25, 0.3) is 10.9 Å². The van der Waals surface area contributed by atoms with Gasteiger partial charge in [-0.2, -0.15) is 5.10 Å². The number of halogens is 2. The Morgan fingerprint density at radius 2 is 2.12 bits per heavy atom. The Balaban J connectivity index is 1.42. The molecule has 0 spiro atoms. The van der Waals surface area contributed by atoms with Gasteiger partial charge in [0.15, 0.2) is 0 Å². The standard InChI is InChI=1S/C18H20Cl2N4O/c1-12-17(19)18(20)24(23-12)10-4-9-21-16(25)8-7-13-11-22-15-6-3-2-5-14(13)15/h2-3,5-6,11,22H,4,7-10H2,1H3,(H,21,25). The molecule has 132 valence electrons. The van der Waals surface area contributed by atoms with Crippen molar-refractivity contribution in [1.82, 2.24) is 20.1 Å². The van der Waals surface area contributed by atoms with Crippen LogP contribution in [-0.2, 0) is 17.8 Å². The quantitative estimate of drug-likeness (QED) is 0.607. The van der Waals surface area contributed by atoms with Gasteiger partial charge in [0.05, 0.1) is 5.69 Å². The fraction of sp³-hybridized carbons (Fsp3) is 0.333. The van der Waals surface area contributed by atoms with Gasteiger partial charge in [0.25, 0.3) is 0 Å². The molecule has 25 heavy (non-hydrogen) atoms. The maximum Gasteiger partial charge on any atom is 0.220 e. The number of H-pyrrole nitrogens is 1. The summed E-state index contributed by atoms with van der Waals surface area (Å²) in [7, 11) is 0. The number of aryl methyl sites for hydroxylation is 3. The highest BCUT2D eigenvalue weighted by atomic mass is 35.5. The summed E-state index contributed by atoms with van der Waals surface area (Å²) in [5.74, 6) is 0.0473. The smallest absolute Gasteiger partial charge is 0.220 e. The molecule has 3 rings (SSSR count). The van der Waals surface area contributed by atoms with Gasteiger partial charge in [-0.3, -0.25) is 9.48 Å². The number of carbonyl (C=O) groups excluding carboxylic acids is 1. The average Bonchev–Trinajstić information content (AvgIpc) is 3.13. The topological polar surface area (TPSA) is 62.7 Å². The first kappa shape index (κ1) is 17.8. The number of hydrogen-bond donors (Lipinski definition) is 2. The van der Waals surface area contributed by atoms with Crippen LogP contribution in [-0.4, -0.2) is 27.2 Å². The minimum absolute atomic E-state index is 0.0473. The van der Waals surface area contributed by atoms with E-state index in [0.717, 1.165) is 24.1 Å². The summed E-state index contributed by atoms with van der Waals surface area (Å²) in [5.41, 5.74) is 2.98. The van der Waals surface area contributed by atoms with Crippen LogP contribution >= 0.6 is 23.2 Å². The number of nitrogens with one attached hydrogen (secondary N) is 2. The first-order valence-electron chi connectivity index (χ1n) is 8.26. The number of carbonyl (C=O) groups is 1. The van der Waals surface area contributed by atoms with E-state index in [1.165, 1.54) is 10.9 Å². The van der Waals surface area contributed by atoms with E-state index in [4.69, 9.17) is 23.2 Å². The van der Waals surface area contributed by atoms with E-state index >= 15 is 0 Å². The molecule has 0 aliphatic rings. The monoisotopic (exact) mass is 378 g/mol. The largest absolute Gasteiger partial charge is 0.361 e. The summed E-state index contributed by atoms with van der Waals surface area (Å²) in [6.07, 6.45) is 3.91. The molecule has 3 aromatic rings. The van der Waals surface area contributed by atoms with E-state index < -0.39 is 0 Å². The number of benzene rings is 1. The molecule has 2 heterocycles. The Labute approximate surface area is 156 Å². The molecule has 0 fully saturated rings. The Kier molecular flexibility index (Phi) is 5.66. The zero-order chi connectivity index (χ0) is 17.8. The van der Waals surface area contributed by atoms with E-state index in [1.54, 1.807) is 4.68 Å². The second-order valence-corrected chi connectivity index (χ2v) is 6.71. The van der Waals surface area contributed by atoms with E-state index in [9.17, 15) is 4.79 Å². The zero-order valence-electron chi connectivity index (χ0n) is 14.0. The number of rotatable bonds is 7. The van der Waals surface area contributed by atoms with Crippen LogP contribution in [0.2, 0.25) is 10.2 Å². The van der Waals surface area contributed by atoms with Crippen LogP contribution < -0.4 is 5.32 Å². The van der Waals surface area contributed by atoms with Gasteiger partial charge in [0, 0.05) is 36.6 Å². The summed E-state index contributed by atoms with van der Waals surface area (Å²) in [4.78, 5) is 15.2.